The molecule has 0 amide bonds. The van der Waals surface area contributed by atoms with E-state index in [0.717, 1.165) is 38.4 Å². The van der Waals surface area contributed by atoms with Crippen LogP contribution in [0.1, 0.15) is 15.9 Å². The van der Waals surface area contributed by atoms with Crippen molar-refractivity contribution in [1.82, 2.24) is 4.90 Å². The molecule has 0 spiro atoms. The zero-order chi connectivity index (χ0) is 13.0. The second-order valence-corrected chi connectivity index (χ2v) is 4.23. The average Bonchev–Trinajstić information content (AvgIpc) is 2.41. The van der Waals surface area contributed by atoms with Crippen molar-refractivity contribution in [2.45, 2.75) is 6.54 Å². The molecule has 1 aliphatic heterocycles. The van der Waals surface area contributed by atoms with Crippen molar-refractivity contribution in [3.8, 4) is 5.75 Å². The van der Waals surface area contributed by atoms with Gasteiger partial charge >= 0.3 is 5.97 Å². The van der Waals surface area contributed by atoms with Gasteiger partial charge < -0.3 is 14.6 Å². The lowest BCUT2D eigenvalue weighted by atomic mass is 10.1. The second kappa shape index (κ2) is 7.33. The summed E-state index contributed by atoms with van der Waals surface area (Å²) in [7, 11) is 1.30. The summed E-state index contributed by atoms with van der Waals surface area (Å²) in [6.45, 7) is 3.99. The van der Waals surface area contributed by atoms with E-state index in [0.29, 0.717) is 0 Å². The summed E-state index contributed by atoms with van der Waals surface area (Å²) in [5, 5.41) is 9.61. The number of benzene rings is 1. The lowest BCUT2D eigenvalue weighted by molar-refractivity contribution is 0.0341. The van der Waals surface area contributed by atoms with Crippen LogP contribution in [-0.4, -0.2) is 49.4 Å². The van der Waals surface area contributed by atoms with E-state index in [4.69, 9.17) is 4.74 Å². The number of carbonyl (C=O) groups excluding carboxylic acids is 1. The molecule has 0 unspecified atom stereocenters. The number of rotatable bonds is 3. The molecule has 0 bridgehead atoms. The lowest BCUT2D eigenvalue weighted by Gasteiger charge is -2.26. The minimum absolute atomic E-state index is 0. The van der Waals surface area contributed by atoms with E-state index in [1.165, 1.54) is 13.2 Å². The number of morpholine rings is 1. The number of hydrogen-bond acceptors (Lipinski definition) is 5. The third-order valence-electron chi connectivity index (χ3n) is 2.98. The Hall–Kier alpha value is -1.30. The van der Waals surface area contributed by atoms with Crippen molar-refractivity contribution < 1.29 is 19.4 Å². The summed E-state index contributed by atoms with van der Waals surface area (Å²) in [5.41, 5.74) is 1.19. The number of carbonyl (C=O) groups is 1. The summed E-state index contributed by atoms with van der Waals surface area (Å²) >= 11 is 0. The highest BCUT2D eigenvalue weighted by atomic mass is 35.5. The normalized spacial score (nSPS) is 15.6. The third-order valence-corrected chi connectivity index (χ3v) is 2.98. The Kier molecular flexibility index (Phi) is 6.08. The number of phenolic OH excluding ortho intramolecular Hbond substituents is 1. The maximum absolute atomic E-state index is 11.5. The van der Waals surface area contributed by atoms with Crippen LogP contribution in [0, 0.1) is 0 Å². The van der Waals surface area contributed by atoms with Crippen LogP contribution in [0.4, 0.5) is 0 Å². The highest BCUT2D eigenvalue weighted by Crippen LogP contribution is 2.20. The third kappa shape index (κ3) is 4.09. The van der Waals surface area contributed by atoms with E-state index >= 15 is 0 Å². The number of halogens is 1. The van der Waals surface area contributed by atoms with Gasteiger partial charge in [-0.25, -0.2) is 4.79 Å². The molecule has 5 nitrogen and oxygen atoms in total. The topological polar surface area (TPSA) is 59.0 Å². The van der Waals surface area contributed by atoms with Crippen LogP contribution < -0.4 is 0 Å². The first kappa shape index (κ1) is 15.8. The van der Waals surface area contributed by atoms with E-state index < -0.39 is 5.97 Å². The van der Waals surface area contributed by atoms with Crippen LogP contribution in [0.3, 0.4) is 0 Å². The first-order chi connectivity index (χ1) is 8.70. The molecule has 0 atom stereocenters. The molecule has 6 heteroatoms. The zero-order valence-corrected chi connectivity index (χ0v) is 11.6. The minimum Gasteiger partial charge on any atom is -0.507 e. The van der Waals surface area contributed by atoms with Gasteiger partial charge in [-0.3, -0.25) is 4.90 Å². The maximum atomic E-state index is 11.5. The van der Waals surface area contributed by atoms with Crippen LogP contribution in [-0.2, 0) is 16.0 Å². The Balaban J connectivity index is 0.00000180. The largest absolute Gasteiger partial charge is 0.507 e. The maximum Gasteiger partial charge on any atom is 0.341 e. The molecular weight excluding hydrogens is 270 g/mol. The fraction of sp³-hybridized carbons (Fsp3) is 0.462. The van der Waals surface area contributed by atoms with Crippen molar-refractivity contribution in [1.29, 1.82) is 0 Å². The van der Waals surface area contributed by atoms with Gasteiger partial charge in [0.25, 0.3) is 0 Å². The molecule has 1 aliphatic rings. The van der Waals surface area contributed by atoms with Gasteiger partial charge in [-0.2, -0.15) is 0 Å². The lowest BCUT2D eigenvalue weighted by Crippen LogP contribution is -2.35. The monoisotopic (exact) mass is 287 g/mol. The molecule has 0 aromatic heterocycles. The highest BCUT2D eigenvalue weighted by molar-refractivity contribution is 5.92. The molecule has 1 saturated heterocycles. The van der Waals surface area contributed by atoms with Crippen molar-refractivity contribution in [2.75, 3.05) is 33.4 Å². The molecule has 19 heavy (non-hydrogen) atoms. The van der Waals surface area contributed by atoms with E-state index in [2.05, 4.69) is 9.64 Å². The number of phenols is 1. The van der Waals surface area contributed by atoms with Gasteiger partial charge in [-0.15, -0.1) is 12.4 Å². The average molecular weight is 288 g/mol. The SMILES string of the molecule is COC(=O)c1cc(CN2CCOCC2)ccc1O.Cl. The molecule has 0 aliphatic carbocycles. The second-order valence-electron chi connectivity index (χ2n) is 4.23. The molecule has 1 heterocycles. The van der Waals surface area contributed by atoms with Gasteiger partial charge in [-0.1, -0.05) is 6.07 Å². The number of methoxy groups -OCH3 is 1. The van der Waals surface area contributed by atoms with Crippen molar-refractivity contribution >= 4 is 18.4 Å². The van der Waals surface area contributed by atoms with Crippen molar-refractivity contribution in [3.05, 3.63) is 29.3 Å². The Morgan fingerprint density at radius 2 is 2.11 bits per heavy atom. The van der Waals surface area contributed by atoms with Crippen LogP contribution >= 0.6 is 12.4 Å². The Labute approximate surface area is 118 Å². The fourth-order valence-corrected chi connectivity index (χ4v) is 1.97. The first-order valence-electron chi connectivity index (χ1n) is 5.91. The molecular formula is C13H18ClNO4. The summed E-state index contributed by atoms with van der Waals surface area (Å²) in [6.07, 6.45) is 0. The van der Waals surface area contributed by atoms with E-state index in [1.807, 2.05) is 6.07 Å². The van der Waals surface area contributed by atoms with Gasteiger partial charge in [0.15, 0.2) is 0 Å². The van der Waals surface area contributed by atoms with Gasteiger partial charge in [0, 0.05) is 19.6 Å². The van der Waals surface area contributed by atoms with Crippen LogP contribution in [0.25, 0.3) is 0 Å². The molecule has 0 radical (unpaired) electrons. The predicted molar refractivity (Wildman–Crippen MR) is 72.8 cm³/mol. The molecule has 1 N–H and O–H groups in total. The van der Waals surface area contributed by atoms with E-state index in [-0.39, 0.29) is 23.7 Å². The summed E-state index contributed by atoms with van der Waals surface area (Å²) in [4.78, 5) is 13.7. The molecule has 0 saturated carbocycles. The molecule has 106 valence electrons. The quantitative estimate of drug-likeness (QED) is 0.853. The van der Waals surface area contributed by atoms with Crippen LogP contribution in [0.2, 0.25) is 0 Å². The Morgan fingerprint density at radius 1 is 1.42 bits per heavy atom. The number of esters is 1. The Morgan fingerprint density at radius 3 is 2.74 bits per heavy atom. The van der Waals surface area contributed by atoms with Gasteiger partial charge in [-0.05, 0) is 17.7 Å². The molecule has 1 aromatic carbocycles. The first-order valence-corrected chi connectivity index (χ1v) is 5.91. The number of hydrogen-bond donors (Lipinski definition) is 1. The molecule has 1 aromatic rings. The van der Waals surface area contributed by atoms with E-state index in [9.17, 15) is 9.90 Å². The van der Waals surface area contributed by atoms with Crippen molar-refractivity contribution in [3.63, 3.8) is 0 Å². The van der Waals surface area contributed by atoms with Crippen LogP contribution in [0.15, 0.2) is 18.2 Å². The minimum atomic E-state index is -0.517. The number of aromatic hydroxyl groups is 1. The van der Waals surface area contributed by atoms with Gasteiger partial charge in [0.05, 0.1) is 20.3 Å². The smallest absolute Gasteiger partial charge is 0.341 e. The van der Waals surface area contributed by atoms with E-state index in [1.54, 1.807) is 6.07 Å². The number of ether oxygens (including phenoxy) is 2. The predicted octanol–water partition coefficient (Wildman–Crippen LogP) is 1.43. The molecule has 1 fully saturated rings. The summed E-state index contributed by atoms with van der Waals surface area (Å²) in [5.74, 6) is -0.566. The van der Waals surface area contributed by atoms with Crippen LogP contribution in [0.5, 0.6) is 5.75 Å². The highest BCUT2D eigenvalue weighted by Gasteiger charge is 2.15. The number of nitrogens with zero attached hydrogens (tertiary/aromatic N) is 1. The standard InChI is InChI=1S/C13H17NO4.ClH/c1-17-13(16)11-8-10(2-3-12(11)15)9-14-4-6-18-7-5-14;/h2-3,8,15H,4-7,9H2,1H3;1H. The molecule has 2 rings (SSSR count). The van der Waals surface area contributed by atoms with Crippen molar-refractivity contribution in [2.24, 2.45) is 0 Å². The van der Waals surface area contributed by atoms with Gasteiger partial charge in [0.1, 0.15) is 11.3 Å². The Bertz CT molecular complexity index is 433. The summed E-state index contributed by atoms with van der Waals surface area (Å²) in [6, 6.07) is 5.02. The zero-order valence-electron chi connectivity index (χ0n) is 10.8. The summed E-state index contributed by atoms with van der Waals surface area (Å²) < 4.78 is 9.91. The van der Waals surface area contributed by atoms with Gasteiger partial charge in [0.2, 0.25) is 0 Å². The fourth-order valence-electron chi connectivity index (χ4n) is 1.97.